The Morgan fingerprint density at radius 2 is 2.20 bits per heavy atom. The molecule has 1 aromatic heterocycles. The first kappa shape index (κ1) is 14.5. The molecule has 0 aliphatic carbocycles. The summed E-state index contributed by atoms with van der Waals surface area (Å²) < 4.78 is 10.7. The van der Waals surface area contributed by atoms with Gasteiger partial charge in [-0.3, -0.25) is 4.79 Å². The Morgan fingerprint density at radius 1 is 1.40 bits per heavy atom. The van der Waals surface area contributed by atoms with Gasteiger partial charge in [-0.25, -0.2) is 0 Å². The Morgan fingerprint density at radius 3 is 2.80 bits per heavy atom. The highest BCUT2D eigenvalue weighted by Gasteiger charge is 2.10. The lowest BCUT2D eigenvalue weighted by Gasteiger charge is -2.12. The van der Waals surface area contributed by atoms with Crippen LogP contribution in [-0.2, 0) is 6.54 Å². The molecule has 1 amide bonds. The summed E-state index contributed by atoms with van der Waals surface area (Å²) in [5, 5.41) is 3.18. The smallest absolute Gasteiger partial charge is 0.251 e. The van der Waals surface area contributed by atoms with Gasteiger partial charge in [0.05, 0.1) is 23.9 Å². The molecular formula is C15H16ClNO3. The number of halogens is 1. The summed E-state index contributed by atoms with van der Waals surface area (Å²) in [5.41, 5.74) is 0.484. The molecule has 20 heavy (non-hydrogen) atoms. The Hall–Kier alpha value is -1.94. The average Bonchev–Trinajstić information content (AvgIpc) is 2.91. The van der Waals surface area contributed by atoms with E-state index >= 15 is 0 Å². The summed E-state index contributed by atoms with van der Waals surface area (Å²) in [7, 11) is 0. The van der Waals surface area contributed by atoms with E-state index < -0.39 is 0 Å². The normalized spacial score (nSPS) is 10.6. The zero-order valence-corrected chi connectivity index (χ0v) is 12.1. The average molecular weight is 294 g/mol. The standard InChI is InChI=1S/C15H16ClNO3/c1-10(2)20-14-6-5-11(8-13(14)16)15(18)17-9-12-4-3-7-19-12/h3-8,10H,9H2,1-2H3,(H,17,18). The van der Waals surface area contributed by atoms with Crippen LogP contribution in [0.15, 0.2) is 41.0 Å². The van der Waals surface area contributed by atoms with Crippen LogP contribution < -0.4 is 10.1 Å². The number of hydrogen-bond acceptors (Lipinski definition) is 3. The van der Waals surface area contributed by atoms with E-state index in [1.165, 1.54) is 0 Å². The number of carbonyl (C=O) groups excluding carboxylic acids is 1. The molecule has 0 saturated carbocycles. The fraction of sp³-hybridized carbons (Fsp3) is 0.267. The van der Waals surface area contributed by atoms with Crippen LogP contribution >= 0.6 is 11.6 Å². The molecule has 0 unspecified atom stereocenters. The lowest BCUT2D eigenvalue weighted by atomic mass is 10.2. The minimum atomic E-state index is -0.209. The van der Waals surface area contributed by atoms with Gasteiger partial charge in [-0.05, 0) is 44.2 Å². The van der Waals surface area contributed by atoms with E-state index in [1.807, 2.05) is 13.8 Å². The first-order chi connectivity index (χ1) is 9.56. The van der Waals surface area contributed by atoms with Crippen molar-refractivity contribution in [2.24, 2.45) is 0 Å². The second kappa shape index (κ2) is 6.48. The van der Waals surface area contributed by atoms with E-state index in [9.17, 15) is 4.79 Å². The van der Waals surface area contributed by atoms with Crippen molar-refractivity contribution in [1.82, 2.24) is 5.32 Å². The third-order valence-electron chi connectivity index (χ3n) is 2.56. The molecule has 0 bridgehead atoms. The predicted molar refractivity (Wildman–Crippen MR) is 77.1 cm³/mol. The maximum absolute atomic E-state index is 12.0. The third kappa shape index (κ3) is 3.78. The number of hydrogen-bond donors (Lipinski definition) is 1. The molecule has 0 radical (unpaired) electrons. The van der Waals surface area contributed by atoms with Crippen molar-refractivity contribution >= 4 is 17.5 Å². The molecule has 1 heterocycles. The fourth-order valence-electron chi connectivity index (χ4n) is 1.67. The van der Waals surface area contributed by atoms with Gasteiger partial charge in [0.25, 0.3) is 5.91 Å². The largest absolute Gasteiger partial charge is 0.489 e. The number of carbonyl (C=O) groups is 1. The Kier molecular flexibility index (Phi) is 4.69. The van der Waals surface area contributed by atoms with Crippen LogP contribution in [0.1, 0.15) is 30.0 Å². The number of amides is 1. The van der Waals surface area contributed by atoms with Crippen molar-refractivity contribution in [3.8, 4) is 5.75 Å². The summed E-state index contributed by atoms with van der Waals surface area (Å²) in [6, 6.07) is 8.55. The molecule has 1 N–H and O–H groups in total. The van der Waals surface area contributed by atoms with Crippen molar-refractivity contribution in [3.63, 3.8) is 0 Å². The molecule has 5 heteroatoms. The van der Waals surface area contributed by atoms with Crippen molar-refractivity contribution in [2.75, 3.05) is 0 Å². The maximum atomic E-state index is 12.0. The van der Waals surface area contributed by atoms with Gasteiger partial charge in [0.15, 0.2) is 0 Å². The number of furan rings is 1. The number of nitrogens with one attached hydrogen (secondary N) is 1. The Labute approximate surface area is 122 Å². The number of benzene rings is 1. The predicted octanol–water partition coefficient (Wildman–Crippen LogP) is 3.65. The first-order valence-corrected chi connectivity index (χ1v) is 6.71. The van der Waals surface area contributed by atoms with Crippen LogP contribution in [0.2, 0.25) is 5.02 Å². The quantitative estimate of drug-likeness (QED) is 0.915. The molecule has 0 aliphatic rings. The molecule has 1 aromatic carbocycles. The minimum Gasteiger partial charge on any atom is -0.489 e. The van der Waals surface area contributed by atoms with E-state index in [0.29, 0.717) is 28.6 Å². The van der Waals surface area contributed by atoms with E-state index in [0.717, 1.165) is 0 Å². The monoisotopic (exact) mass is 293 g/mol. The summed E-state index contributed by atoms with van der Waals surface area (Å²) in [4.78, 5) is 12.0. The van der Waals surface area contributed by atoms with E-state index in [-0.39, 0.29) is 12.0 Å². The molecule has 0 atom stereocenters. The van der Waals surface area contributed by atoms with Gasteiger partial charge >= 0.3 is 0 Å². The van der Waals surface area contributed by atoms with Crippen LogP contribution in [0, 0.1) is 0 Å². The summed E-state index contributed by atoms with van der Waals surface area (Å²) in [6.07, 6.45) is 1.60. The summed E-state index contributed by atoms with van der Waals surface area (Å²) in [6.45, 7) is 4.17. The second-order valence-electron chi connectivity index (χ2n) is 4.57. The molecule has 4 nitrogen and oxygen atoms in total. The van der Waals surface area contributed by atoms with Crippen LogP contribution in [-0.4, -0.2) is 12.0 Å². The van der Waals surface area contributed by atoms with E-state index in [2.05, 4.69) is 5.32 Å². The van der Waals surface area contributed by atoms with Gasteiger partial charge in [-0.15, -0.1) is 0 Å². The van der Waals surface area contributed by atoms with Gasteiger partial charge < -0.3 is 14.5 Å². The SMILES string of the molecule is CC(C)Oc1ccc(C(=O)NCc2ccco2)cc1Cl. The fourth-order valence-corrected chi connectivity index (χ4v) is 1.90. The molecular weight excluding hydrogens is 278 g/mol. The topological polar surface area (TPSA) is 51.5 Å². The summed E-state index contributed by atoms with van der Waals surface area (Å²) in [5.74, 6) is 1.06. The zero-order chi connectivity index (χ0) is 14.5. The lowest BCUT2D eigenvalue weighted by molar-refractivity contribution is 0.0948. The van der Waals surface area contributed by atoms with Gasteiger partial charge in [0.2, 0.25) is 0 Å². The van der Waals surface area contributed by atoms with Crippen LogP contribution in [0.3, 0.4) is 0 Å². The first-order valence-electron chi connectivity index (χ1n) is 6.33. The second-order valence-corrected chi connectivity index (χ2v) is 4.98. The number of ether oxygens (including phenoxy) is 1. The Bertz CT molecular complexity index is 579. The maximum Gasteiger partial charge on any atom is 0.251 e. The highest BCUT2D eigenvalue weighted by molar-refractivity contribution is 6.32. The van der Waals surface area contributed by atoms with Crippen LogP contribution in [0.25, 0.3) is 0 Å². The van der Waals surface area contributed by atoms with E-state index in [1.54, 1.807) is 36.6 Å². The van der Waals surface area contributed by atoms with Gasteiger partial charge in [0, 0.05) is 5.56 Å². The van der Waals surface area contributed by atoms with Crippen LogP contribution in [0.4, 0.5) is 0 Å². The van der Waals surface area contributed by atoms with Gasteiger partial charge in [-0.1, -0.05) is 11.6 Å². The van der Waals surface area contributed by atoms with Crippen molar-refractivity contribution in [3.05, 3.63) is 52.9 Å². The molecule has 0 spiro atoms. The zero-order valence-electron chi connectivity index (χ0n) is 11.4. The van der Waals surface area contributed by atoms with E-state index in [4.69, 9.17) is 20.8 Å². The molecule has 106 valence electrons. The van der Waals surface area contributed by atoms with Crippen molar-refractivity contribution < 1.29 is 13.9 Å². The van der Waals surface area contributed by atoms with Gasteiger partial charge in [0.1, 0.15) is 11.5 Å². The van der Waals surface area contributed by atoms with Gasteiger partial charge in [-0.2, -0.15) is 0 Å². The van der Waals surface area contributed by atoms with Crippen LogP contribution in [0.5, 0.6) is 5.75 Å². The molecule has 0 saturated heterocycles. The summed E-state index contributed by atoms with van der Waals surface area (Å²) >= 11 is 6.09. The van der Waals surface area contributed by atoms with Crippen molar-refractivity contribution in [1.29, 1.82) is 0 Å². The highest BCUT2D eigenvalue weighted by atomic mass is 35.5. The third-order valence-corrected chi connectivity index (χ3v) is 2.86. The molecule has 0 fully saturated rings. The molecule has 2 rings (SSSR count). The van der Waals surface area contributed by atoms with Crippen molar-refractivity contribution in [2.45, 2.75) is 26.5 Å². The Balaban J connectivity index is 2.01. The highest BCUT2D eigenvalue weighted by Crippen LogP contribution is 2.26. The minimum absolute atomic E-state index is 0.0335. The molecule has 0 aliphatic heterocycles. The molecule has 2 aromatic rings. The lowest BCUT2D eigenvalue weighted by Crippen LogP contribution is -2.22. The number of rotatable bonds is 5.